The number of rotatable bonds is 8. The van der Waals surface area contributed by atoms with Gasteiger partial charge in [-0.05, 0) is 37.6 Å². The molecule has 0 atom stereocenters. The molecule has 9 heteroatoms. The third-order valence-corrected chi connectivity index (χ3v) is 7.15. The highest BCUT2D eigenvalue weighted by atomic mass is 35.5. The van der Waals surface area contributed by atoms with E-state index in [0.717, 1.165) is 55.2 Å². The van der Waals surface area contributed by atoms with Crippen LogP contribution in [0.2, 0.25) is 4.34 Å². The molecule has 3 aromatic rings. The number of fused-ring (bicyclic) bond motifs is 1. The summed E-state index contributed by atoms with van der Waals surface area (Å²) in [5.74, 6) is 0.684. The second-order valence-electron chi connectivity index (χ2n) is 6.90. The Morgan fingerprint density at radius 2 is 2.10 bits per heavy atom. The predicted molar refractivity (Wildman–Crippen MR) is 124 cm³/mol. The highest BCUT2D eigenvalue weighted by Crippen LogP contribution is 2.35. The summed E-state index contributed by atoms with van der Waals surface area (Å²) >= 11 is 8.89. The van der Waals surface area contributed by atoms with E-state index in [1.54, 1.807) is 17.0 Å². The molecule has 4 rings (SSSR count). The minimum Gasteiger partial charge on any atom is -0.492 e. The molecule has 2 aromatic heterocycles. The van der Waals surface area contributed by atoms with E-state index in [1.807, 2.05) is 25.1 Å². The predicted octanol–water partition coefficient (Wildman–Crippen LogP) is 4.78. The van der Waals surface area contributed by atoms with Crippen LogP contribution in [0.15, 0.2) is 30.3 Å². The first-order chi connectivity index (χ1) is 14.7. The summed E-state index contributed by atoms with van der Waals surface area (Å²) in [7, 11) is 0. The number of halogens is 1. The first-order valence-electron chi connectivity index (χ1n) is 10.1. The Morgan fingerprint density at radius 1 is 1.27 bits per heavy atom. The zero-order valence-electron chi connectivity index (χ0n) is 16.8. The van der Waals surface area contributed by atoms with Gasteiger partial charge in [0.05, 0.1) is 33.7 Å². The number of carbonyl (C=O) groups excluding carboxylic acids is 1. The summed E-state index contributed by atoms with van der Waals surface area (Å²) in [6, 6.07) is 9.43. The number of benzene rings is 1. The lowest BCUT2D eigenvalue weighted by atomic mass is 10.3. The molecular formula is C21H24ClN3O3S2. The number of hydrogen-bond donors (Lipinski definition) is 0. The van der Waals surface area contributed by atoms with Gasteiger partial charge in [-0.1, -0.05) is 29.0 Å². The lowest BCUT2D eigenvalue weighted by Gasteiger charge is -2.27. The number of thiophene rings is 1. The Morgan fingerprint density at radius 3 is 2.83 bits per heavy atom. The van der Waals surface area contributed by atoms with Gasteiger partial charge in [0.15, 0.2) is 5.13 Å². The van der Waals surface area contributed by atoms with E-state index in [4.69, 9.17) is 26.1 Å². The van der Waals surface area contributed by atoms with E-state index >= 15 is 0 Å². The number of amides is 1. The van der Waals surface area contributed by atoms with Crippen LogP contribution >= 0.6 is 34.3 Å². The number of para-hydroxylation sites is 1. The van der Waals surface area contributed by atoms with Crippen LogP contribution in [0.1, 0.15) is 23.0 Å². The maximum absolute atomic E-state index is 13.3. The van der Waals surface area contributed by atoms with E-state index in [-0.39, 0.29) is 5.91 Å². The zero-order valence-corrected chi connectivity index (χ0v) is 19.2. The van der Waals surface area contributed by atoms with Gasteiger partial charge in [0.1, 0.15) is 11.3 Å². The average molecular weight is 466 g/mol. The molecule has 30 heavy (non-hydrogen) atoms. The molecule has 0 unspecified atom stereocenters. The zero-order chi connectivity index (χ0) is 20.9. The fraction of sp³-hybridized carbons (Fsp3) is 0.429. The molecule has 1 aliphatic heterocycles. The van der Waals surface area contributed by atoms with Crippen molar-refractivity contribution in [2.75, 3.05) is 50.9 Å². The molecule has 0 saturated carbocycles. The number of nitrogens with zero attached hydrogens (tertiary/aromatic N) is 3. The number of morpholine rings is 1. The smallest absolute Gasteiger partial charge is 0.270 e. The largest absolute Gasteiger partial charge is 0.492 e. The maximum atomic E-state index is 13.3. The van der Waals surface area contributed by atoms with Crippen molar-refractivity contribution in [1.29, 1.82) is 0 Å². The summed E-state index contributed by atoms with van der Waals surface area (Å²) in [5, 5.41) is 0.689. The fourth-order valence-electron chi connectivity index (χ4n) is 3.42. The van der Waals surface area contributed by atoms with Crippen LogP contribution in [0.4, 0.5) is 5.13 Å². The Kier molecular flexibility index (Phi) is 7.22. The molecular weight excluding hydrogens is 442 g/mol. The first kappa shape index (κ1) is 21.5. The number of ether oxygens (including phenoxy) is 2. The topological polar surface area (TPSA) is 54.9 Å². The number of thiazole rings is 1. The van der Waals surface area contributed by atoms with Crippen LogP contribution in [0, 0.1) is 0 Å². The van der Waals surface area contributed by atoms with Gasteiger partial charge in [-0.15, -0.1) is 11.3 Å². The summed E-state index contributed by atoms with van der Waals surface area (Å²) in [6.45, 7) is 7.46. The highest BCUT2D eigenvalue weighted by Gasteiger charge is 2.24. The highest BCUT2D eigenvalue weighted by molar-refractivity contribution is 7.22. The van der Waals surface area contributed by atoms with E-state index in [1.165, 1.54) is 22.7 Å². The third kappa shape index (κ3) is 4.95. The van der Waals surface area contributed by atoms with E-state index in [9.17, 15) is 4.79 Å². The van der Waals surface area contributed by atoms with Crippen LogP contribution in [0.3, 0.4) is 0 Å². The van der Waals surface area contributed by atoms with Crippen LogP contribution < -0.4 is 9.64 Å². The Labute approximate surface area is 189 Å². The van der Waals surface area contributed by atoms with E-state index < -0.39 is 0 Å². The van der Waals surface area contributed by atoms with Crippen molar-refractivity contribution in [2.45, 2.75) is 13.3 Å². The van der Waals surface area contributed by atoms with E-state index in [0.29, 0.717) is 27.5 Å². The minimum atomic E-state index is -0.0640. The van der Waals surface area contributed by atoms with Gasteiger partial charge in [-0.2, -0.15) is 0 Å². The van der Waals surface area contributed by atoms with Crippen molar-refractivity contribution in [2.24, 2.45) is 0 Å². The van der Waals surface area contributed by atoms with Crippen molar-refractivity contribution in [3.63, 3.8) is 0 Å². The van der Waals surface area contributed by atoms with Crippen LogP contribution in [-0.4, -0.2) is 61.8 Å². The van der Waals surface area contributed by atoms with Crippen molar-refractivity contribution in [3.8, 4) is 5.75 Å². The molecule has 1 fully saturated rings. The summed E-state index contributed by atoms with van der Waals surface area (Å²) < 4.78 is 12.8. The lowest BCUT2D eigenvalue weighted by molar-refractivity contribution is 0.0376. The van der Waals surface area contributed by atoms with Gasteiger partial charge in [0, 0.05) is 26.2 Å². The van der Waals surface area contributed by atoms with Crippen molar-refractivity contribution in [3.05, 3.63) is 39.5 Å². The first-order valence-corrected chi connectivity index (χ1v) is 12.1. The maximum Gasteiger partial charge on any atom is 0.270 e. The lowest BCUT2D eigenvalue weighted by Crippen LogP contribution is -2.39. The monoisotopic (exact) mass is 465 g/mol. The third-order valence-electron chi connectivity index (χ3n) is 4.89. The van der Waals surface area contributed by atoms with Crippen LogP contribution in [-0.2, 0) is 4.74 Å². The molecule has 1 saturated heterocycles. The summed E-state index contributed by atoms with van der Waals surface area (Å²) in [6.07, 6.45) is 0.860. The number of aromatic nitrogens is 1. The minimum absolute atomic E-state index is 0.0640. The molecule has 0 N–H and O–H groups in total. The van der Waals surface area contributed by atoms with Gasteiger partial charge >= 0.3 is 0 Å². The molecule has 1 aromatic carbocycles. The normalized spacial score (nSPS) is 14.9. The fourth-order valence-corrected chi connectivity index (χ4v) is 5.42. The molecule has 3 heterocycles. The van der Waals surface area contributed by atoms with Crippen molar-refractivity contribution >= 4 is 55.5 Å². The molecule has 0 bridgehead atoms. The van der Waals surface area contributed by atoms with Gasteiger partial charge in [-0.3, -0.25) is 14.6 Å². The molecule has 0 spiro atoms. The molecule has 0 aliphatic carbocycles. The molecule has 1 aliphatic rings. The number of anilines is 1. The second kappa shape index (κ2) is 10.1. The Hall–Kier alpha value is -1.71. The Balaban J connectivity index is 1.58. The van der Waals surface area contributed by atoms with Gasteiger partial charge in [0.25, 0.3) is 5.91 Å². The number of carbonyl (C=O) groups is 1. The van der Waals surface area contributed by atoms with Gasteiger partial charge in [0.2, 0.25) is 0 Å². The molecule has 6 nitrogen and oxygen atoms in total. The van der Waals surface area contributed by atoms with E-state index in [2.05, 4.69) is 4.90 Å². The standard InChI is InChI=1S/C21H24ClN3O3S2/c1-2-28-15-5-3-6-16-19(15)23-21(30-16)25(20(26)17-7-8-18(22)29-17)10-4-9-24-11-13-27-14-12-24/h3,5-8H,2,4,9-14H2,1H3. The molecule has 1 amide bonds. The van der Waals surface area contributed by atoms with Gasteiger partial charge in [-0.25, -0.2) is 4.98 Å². The Bertz CT molecular complexity index is 1000. The van der Waals surface area contributed by atoms with Crippen molar-refractivity contribution < 1.29 is 14.3 Å². The second-order valence-corrected chi connectivity index (χ2v) is 9.62. The van der Waals surface area contributed by atoms with Gasteiger partial charge < -0.3 is 9.47 Å². The van der Waals surface area contributed by atoms with Crippen LogP contribution in [0.25, 0.3) is 10.2 Å². The number of hydrogen-bond acceptors (Lipinski definition) is 7. The SMILES string of the molecule is CCOc1cccc2sc(N(CCCN3CCOCC3)C(=O)c3ccc(Cl)s3)nc12. The summed E-state index contributed by atoms with van der Waals surface area (Å²) in [4.78, 5) is 22.9. The average Bonchev–Trinajstić information content (AvgIpc) is 3.38. The quantitative estimate of drug-likeness (QED) is 0.479. The molecule has 0 radical (unpaired) electrons. The molecule has 160 valence electrons. The summed E-state index contributed by atoms with van der Waals surface area (Å²) in [5.41, 5.74) is 0.801. The van der Waals surface area contributed by atoms with Crippen LogP contribution in [0.5, 0.6) is 5.75 Å². The van der Waals surface area contributed by atoms with Crippen molar-refractivity contribution in [1.82, 2.24) is 9.88 Å².